The van der Waals surface area contributed by atoms with Crippen LogP contribution in [0, 0.1) is 12.7 Å². The molecule has 1 rings (SSSR count). The molecular formula is C11H14FNO4. The zero-order valence-corrected chi connectivity index (χ0v) is 9.31. The van der Waals surface area contributed by atoms with Crippen LogP contribution in [-0.2, 0) is 4.79 Å². The molecule has 0 radical (unpaired) electrons. The Morgan fingerprint density at radius 3 is 2.82 bits per heavy atom. The molecule has 5 nitrogen and oxygen atoms in total. The fraction of sp³-hybridized carbons (Fsp3) is 0.364. The molecule has 0 aliphatic rings. The zero-order valence-electron chi connectivity index (χ0n) is 9.31. The lowest BCUT2D eigenvalue weighted by molar-refractivity contribution is -0.137. The Bertz CT molecular complexity index is 397. The number of aliphatic hydroxyl groups is 1. The molecule has 3 N–H and O–H groups in total. The number of hydroxylamine groups is 1. The summed E-state index contributed by atoms with van der Waals surface area (Å²) in [6.45, 7) is 1.30. The van der Waals surface area contributed by atoms with Crippen molar-refractivity contribution < 1.29 is 24.2 Å². The molecule has 1 atom stereocenters. The number of benzene rings is 1. The monoisotopic (exact) mass is 243 g/mol. The highest BCUT2D eigenvalue weighted by Gasteiger charge is 2.19. The molecule has 1 amide bonds. The molecular weight excluding hydrogens is 229 g/mol. The topological polar surface area (TPSA) is 78.8 Å². The van der Waals surface area contributed by atoms with Crippen molar-refractivity contribution in [2.24, 2.45) is 0 Å². The molecule has 0 heterocycles. The average Bonchev–Trinajstić information content (AvgIpc) is 2.32. The third-order valence-electron chi connectivity index (χ3n) is 2.20. The van der Waals surface area contributed by atoms with Gasteiger partial charge in [-0.3, -0.25) is 10.0 Å². The van der Waals surface area contributed by atoms with E-state index < -0.39 is 12.0 Å². The Labute approximate surface area is 97.8 Å². The van der Waals surface area contributed by atoms with E-state index in [-0.39, 0.29) is 18.8 Å². The van der Waals surface area contributed by atoms with Crippen molar-refractivity contribution in [2.75, 3.05) is 6.61 Å². The molecule has 1 aromatic rings. The number of halogens is 1. The van der Waals surface area contributed by atoms with E-state index in [1.54, 1.807) is 6.92 Å². The van der Waals surface area contributed by atoms with Gasteiger partial charge in [-0.15, -0.1) is 0 Å². The highest BCUT2D eigenvalue weighted by atomic mass is 19.1. The third-order valence-corrected chi connectivity index (χ3v) is 2.20. The molecule has 0 aliphatic heterocycles. The molecule has 1 unspecified atom stereocenters. The van der Waals surface area contributed by atoms with Crippen molar-refractivity contribution in [3.8, 4) is 5.75 Å². The number of nitrogens with one attached hydrogen (secondary N) is 1. The van der Waals surface area contributed by atoms with Crippen LogP contribution in [0.2, 0.25) is 0 Å². The molecule has 1 aromatic carbocycles. The third kappa shape index (κ3) is 3.69. The number of rotatable bonds is 5. The molecule has 0 fully saturated rings. The predicted octanol–water partition coefficient (Wildman–Crippen LogP) is 0.769. The van der Waals surface area contributed by atoms with Crippen LogP contribution in [0.3, 0.4) is 0 Å². The maximum atomic E-state index is 13.0. The molecule has 17 heavy (non-hydrogen) atoms. The van der Waals surface area contributed by atoms with Gasteiger partial charge in [-0.05, 0) is 30.7 Å². The number of ether oxygens (including phenoxy) is 1. The highest BCUT2D eigenvalue weighted by molar-refractivity contribution is 5.79. The van der Waals surface area contributed by atoms with Crippen LogP contribution >= 0.6 is 0 Å². The van der Waals surface area contributed by atoms with Gasteiger partial charge in [0.15, 0.2) is 6.10 Å². The van der Waals surface area contributed by atoms with E-state index in [0.717, 1.165) is 0 Å². The van der Waals surface area contributed by atoms with Crippen molar-refractivity contribution >= 4 is 5.91 Å². The Balaban J connectivity index is 2.78. The highest BCUT2D eigenvalue weighted by Crippen LogP contribution is 2.18. The van der Waals surface area contributed by atoms with Crippen molar-refractivity contribution in [2.45, 2.75) is 19.4 Å². The second kappa shape index (κ2) is 6.17. The minimum absolute atomic E-state index is 0.0306. The molecule has 0 saturated carbocycles. The van der Waals surface area contributed by atoms with Gasteiger partial charge in [-0.1, -0.05) is 0 Å². The Morgan fingerprint density at radius 2 is 2.29 bits per heavy atom. The summed E-state index contributed by atoms with van der Waals surface area (Å²) in [5, 5.41) is 17.2. The van der Waals surface area contributed by atoms with E-state index in [9.17, 15) is 9.18 Å². The number of carbonyl (C=O) groups is 1. The SMILES string of the molecule is Cc1cc(OC(CCO)C(=O)NO)ccc1F. The summed E-state index contributed by atoms with van der Waals surface area (Å²) in [7, 11) is 0. The van der Waals surface area contributed by atoms with Gasteiger partial charge in [0, 0.05) is 13.0 Å². The molecule has 94 valence electrons. The van der Waals surface area contributed by atoms with Gasteiger partial charge in [0.1, 0.15) is 11.6 Å². The van der Waals surface area contributed by atoms with Crippen LogP contribution in [0.25, 0.3) is 0 Å². The van der Waals surface area contributed by atoms with Crippen LogP contribution < -0.4 is 10.2 Å². The van der Waals surface area contributed by atoms with Crippen LogP contribution in [0.1, 0.15) is 12.0 Å². The summed E-state index contributed by atoms with van der Waals surface area (Å²) in [6.07, 6.45) is -0.988. The normalized spacial score (nSPS) is 12.0. The summed E-state index contributed by atoms with van der Waals surface area (Å²) >= 11 is 0. The Morgan fingerprint density at radius 1 is 1.59 bits per heavy atom. The van der Waals surface area contributed by atoms with Gasteiger partial charge < -0.3 is 9.84 Å². The second-order valence-electron chi connectivity index (χ2n) is 3.51. The van der Waals surface area contributed by atoms with Gasteiger partial charge in [0.2, 0.25) is 0 Å². The van der Waals surface area contributed by atoms with Crippen molar-refractivity contribution in [1.82, 2.24) is 5.48 Å². The summed E-state index contributed by atoms with van der Waals surface area (Å²) in [6, 6.07) is 4.03. The van der Waals surface area contributed by atoms with E-state index in [2.05, 4.69) is 0 Å². The minimum atomic E-state index is -1.02. The molecule has 0 saturated heterocycles. The van der Waals surface area contributed by atoms with Crippen LogP contribution in [0.15, 0.2) is 18.2 Å². The second-order valence-corrected chi connectivity index (χ2v) is 3.51. The maximum absolute atomic E-state index is 13.0. The predicted molar refractivity (Wildman–Crippen MR) is 57.2 cm³/mol. The van der Waals surface area contributed by atoms with Crippen LogP contribution in [-0.4, -0.2) is 28.9 Å². The van der Waals surface area contributed by atoms with Gasteiger partial charge in [-0.2, -0.15) is 0 Å². The molecule has 0 bridgehead atoms. The molecule has 6 heteroatoms. The van der Waals surface area contributed by atoms with Gasteiger partial charge in [-0.25, -0.2) is 9.87 Å². The summed E-state index contributed by atoms with van der Waals surface area (Å²) in [5.41, 5.74) is 1.83. The smallest absolute Gasteiger partial charge is 0.284 e. The first-order valence-electron chi connectivity index (χ1n) is 5.06. The van der Waals surface area contributed by atoms with E-state index in [4.69, 9.17) is 15.1 Å². The summed E-state index contributed by atoms with van der Waals surface area (Å²) < 4.78 is 18.2. The number of aryl methyl sites for hydroxylation is 1. The summed E-state index contributed by atoms with van der Waals surface area (Å²) in [4.78, 5) is 11.2. The number of amides is 1. The van der Waals surface area contributed by atoms with E-state index >= 15 is 0 Å². The lowest BCUT2D eigenvalue weighted by atomic mass is 10.2. The molecule has 0 aromatic heterocycles. The Hall–Kier alpha value is -1.66. The fourth-order valence-electron chi connectivity index (χ4n) is 1.29. The van der Waals surface area contributed by atoms with Crippen molar-refractivity contribution in [1.29, 1.82) is 0 Å². The first kappa shape index (κ1) is 13.4. The van der Waals surface area contributed by atoms with Gasteiger partial charge >= 0.3 is 0 Å². The van der Waals surface area contributed by atoms with Gasteiger partial charge in [0.25, 0.3) is 5.91 Å². The number of aliphatic hydroxyl groups excluding tert-OH is 1. The minimum Gasteiger partial charge on any atom is -0.480 e. The Kier molecular flexibility index (Phi) is 4.86. The lowest BCUT2D eigenvalue weighted by Gasteiger charge is -2.16. The maximum Gasteiger partial charge on any atom is 0.284 e. The molecule has 0 aliphatic carbocycles. The largest absolute Gasteiger partial charge is 0.480 e. The van der Waals surface area contributed by atoms with Crippen LogP contribution in [0.5, 0.6) is 5.75 Å². The van der Waals surface area contributed by atoms with Crippen molar-refractivity contribution in [3.63, 3.8) is 0 Å². The van der Waals surface area contributed by atoms with Gasteiger partial charge in [0.05, 0.1) is 0 Å². The number of carbonyl (C=O) groups excluding carboxylic acids is 1. The van der Waals surface area contributed by atoms with Crippen molar-refractivity contribution in [3.05, 3.63) is 29.6 Å². The number of hydrogen-bond donors (Lipinski definition) is 3. The summed E-state index contributed by atoms with van der Waals surface area (Å²) in [5.74, 6) is -0.838. The lowest BCUT2D eigenvalue weighted by Crippen LogP contribution is -2.37. The number of hydrogen-bond acceptors (Lipinski definition) is 4. The van der Waals surface area contributed by atoms with Crippen LogP contribution in [0.4, 0.5) is 4.39 Å². The quantitative estimate of drug-likeness (QED) is 0.527. The zero-order chi connectivity index (χ0) is 12.8. The first-order chi connectivity index (χ1) is 8.08. The standard InChI is InChI=1S/C11H14FNO4/c1-7-6-8(2-3-9(7)12)17-10(4-5-14)11(15)13-16/h2-3,6,10,14,16H,4-5H2,1H3,(H,13,15). The average molecular weight is 243 g/mol. The fourth-order valence-corrected chi connectivity index (χ4v) is 1.29. The van der Waals surface area contributed by atoms with E-state index in [1.807, 2.05) is 0 Å². The van der Waals surface area contributed by atoms with E-state index in [1.165, 1.54) is 23.7 Å². The molecule has 0 spiro atoms. The first-order valence-corrected chi connectivity index (χ1v) is 5.06. The van der Waals surface area contributed by atoms with E-state index in [0.29, 0.717) is 11.3 Å².